The molecular weight excluding hydrogens is 383 g/mol. The maximum atomic E-state index is 13.4. The van der Waals surface area contributed by atoms with Gasteiger partial charge in [0, 0.05) is 11.1 Å². The van der Waals surface area contributed by atoms with Gasteiger partial charge in [-0.15, -0.1) is 0 Å². The first-order chi connectivity index (χ1) is 13.6. The zero-order chi connectivity index (χ0) is 21.2. The predicted octanol–water partition coefficient (Wildman–Crippen LogP) is 2.93. The molecule has 2 nitrogen and oxygen atoms in total. The number of benzene rings is 3. The number of aliphatic hydroxyl groups is 2. The van der Waals surface area contributed by atoms with E-state index >= 15 is 0 Å². The molecule has 0 aliphatic heterocycles. The first-order valence-electron chi connectivity index (χ1n) is 8.73. The second-order valence-corrected chi connectivity index (χ2v) is 6.64. The fourth-order valence-corrected chi connectivity index (χ4v) is 3.21. The van der Waals surface area contributed by atoms with E-state index in [9.17, 15) is 17.6 Å². The molecule has 0 aliphatic rings. The maximum Gasteiger partial charge on any atom is 0.380 e. The van der Waals surface area contributed by atoms with Gasteiger partial charge in [0.1, 0.15) is 0 Å². The van der Waals surface area contributed by atoms with Crippen molar-refractivity contribution in [2.24, 2.45) is 0 Å². The number of halogens is 4. The normalized spacial score (nSPS) is 11.9. The van der Waals surface area contributed by atoms with Crippen LogP contribution in [0.15, 0.2) is 79.4 Å². The standard InChI is InChI=1S/C22H17BF4O2/c1-2-15-9-11-18(12-10-15)23(19-7-3-5-16(13-19)21(24,25)28)20-8-4-6-17(14-20)22(26,27)29/h2-14,28-29H,1H2. The van der Waals surface area contributed by atoms with E-state index in [1.165, 1.54) is 12.1 Å². The average molecular weight is 400 g/mol. The Balaban J connectivity index is 2.19. The summed E-state index contributed by atoms with van der Waals surface area (Å²) in [5.41, 5.74) is 1.03. The van der Waals surface area contributed by atoms with Crippen molar-refractivity contribution in [3.63, 3.8) is 0 Å². The van der Waals surface area contributed by atoms with Gasteiger partial charge in [-0.2, -0.15) is 17.6 Å². The Hall–Kier alpha value is -2.90. The molecule has 0 amide bonds. The Bertz CT molecular complexity index is 951. The van der Waals surface area contributed by atoms with Crippen molar-refractivity contribution in [1.29, 1.82) is 0 Å². The van der Waals surface area contributed by atoms with Crippen LogP contribution in [0.1, 0.15) is 16.7 Å². The van der Waals surface area contributed by atoms with Gasteiger partial charge >= 0.3 is 12.2 Å². The van der Waals surface area contributed by atoms with E-state index < -0.39 is 30.1 Å². The van der Waals surface area contributed by atoms with Crippen LogP contribution in [0, 0.1) is 0 Å². The fraction of sp³-hybridized carbons (Fsp3) is 0.0909. The molecule has 0 unspecified atom stereocenters. The number of hydrogen-bond acceptors (Lipinski definition) is 2. The summed E-state index contributed by atoms with van der Waals surface area (Å²) in [4.78, 5) is 0. The smallest absolute Gasteiger partial charge is 0.332 e. The topological polar surface area (TPSA) is 40.5 Å². The lowest BCUT2D eigenvalue weighted by Crippen LogP contribution is -2.52. The number of alkyl halides is 4. The quantitative estimate of drug-likeness (QED) is 0.494. The Morgan fingerprint density at radius 3 is 1.52 bits per heavy atom. The second-order valence-electron chi connectivity index (χ2n) is 6.64. The van der Waals surface area contributed by atoms with Crippen molar-refractivity contribution in [2.45, 2.75) is 12.2 Å². The summed E-state index contributed by atoms with van der Waals surface area (Å²) in [6.45, 7) is 2.99. The molecule has 0 aliphatic carbocycles. The molecule has 0 radical (unpaired) electrons. The summed E-state index contributed by atoms with van der Waals surface area (Å²) >= 11 is 0. The van der Waals surface area contributed by atoms with Crippen molar-refractivity contribution in [2.75, 3.05) is 0 Å². The van der Waals surface area contributed by atoms with Crippen molar-refractivity contribution >= 4 is 29.2 Å². The van der Waals surface area contributed by atoms with Gasteiger partial charge in [0.25, 0.3) is 0 Å². The highest BCUT2D eigenvalue weighted by atomic mass is 19.3. The summed E-state index contributed by atoms with van der Waals surface area (Å²) in [5.74, 6) is 0. The minimum Gasteiger partial charge on any atom is -0.332 e. The molecule has 3 aromatic rings. The summed E-state index contributed by atoms with van der Waals surface area (Å²) < 4.78 is 53.7. The monoisotopic (exact) mass is 400 g/mol. The SMILES string of the molecule is C=Cc1ccc(B(c2cccc(C(O)(F)F)c2)c2cccc(C(O)(F)F)c2)cc1. The minimum atomic E-state index is -4.03. The molecule has 0 fully saturated rings. The van der Waals surface area contributed by atoms with Crippen LogP contribution >= 0.6 is 0 Å². The zero-order valence-electron chi connectivity index (χ0n) is 15.2. The summed E-state index contributed by atoms with van der Waals surface area (Å²) in [6, 6.07) is 17.3. The van der Waals surface area contributed by atoms with E-state index in [0.29, 0.717) is 16.4 Å². The molecule has 0 saturated heterocycles. The molecule has 0 bridgehead atoms. The highest BCUT2D eigenvalue weighted by molar-refractivity contribution is 6.95. The van der Waals surface area contributed by atoms with Crippen LogP contribution < -0.4 is 16.4 Å². The van der Waals surface area contributed by atoms with Crippen molar-refractivity contribution in [1.82, 2.24) is 0 Å². The Labute approximate surface area is 165 Å². The van der Waals surface area contributed by atoms with Gasteiger partial charge in [-0.25, -0.2) is 0 Å². The van der Waals surface area contributed by atoms with Gasteiger partial charge in [0.2, 0.25) is 6.71 Å². The Morgan fingerprint density at radius 1 is 0.690 bits per heavy atom. The molecule has 2 N–H and O–H groups in total. The van der Waals surface area contributed by atoms with E-state index in [1.54, 1.807) is 42.5 Å². The van der Waals surface area contributed by atoms with Gasteiger partial charge in [-0.1, -0.05) is 102 Å². The zero-order valence-corrected chi connectivity index (χ0v) is 15.2. The first kappa shape index (κ1) is 20.8. The van der Waals surface area contributed by atoms with E-state index in [2.05, 4.69) is 6.58 Å². The van der Waals surface area contributed by atoms with Crippen molar-refractivity contribution < 1.29 is 27.8 Å². The van der Waals surface area contributed by atoms with Gasteiger partial charge in [-0.3, -0.25) is 0 Å². The second kappa shape index (κ2) is 7.85. The third-order valence-electron chi connectivity index (χ3n) is 4.64. The maximum absolute atomic E-state index is 13.4. The van der Waals surface area contributed by atoms with Crippen LogP contribution in [-0.4, -0.2) is 16.9 Å². The average Bonchev–Trinajstić information content (AvgIpc) is 2.68. The van der Waals surface area contributed by atoms with Crippen LogP contribution in [0.4, 0.5) is 17.6 Å². The van der Waals surface area contributed by atoms with E-state index in [4.69, 9.17) is 10.2 Å². The van der Waals surface area contributed by atoms with Crippen molar-refractivity contribution in [3.8, 4) is 0 Å². The van der Waals surface area contributed by atoms with Crippen LogP contribution in [-0.2, 0) is 12.2 Å². The predicted molar refractivity (Wildman–Crippen MR) is 106 cm³/mol. The Kier molecular flexibility index (Phi) is 5.64. The summed E-state index contributed by atoms with van der Waals surface area (Å²) in [5, 5.41) is 18.2. The molecule has 148 valence electrons. The lowest BCUT2D eigenvalue weighted by atomic mass is 9.36. The molecule has 3 aromatic carbocycles. The van der Waals surface area contributed by atoms with E-state index in [-0.39, 0.29) is 0 Å². The molecule has 0 saturated carbocycles. The molecule has 0 spiro atoms. The third kappa shape index (κ3) is 4.75. The molecule has 0 aromatic heterocycles. The van der Waals surface area contributed by atoms with Crippen LogP contribution in [0.5, 0.6) is 0 Å². The third-order valence-corrected chi connectivity index (χ3v) is 4.64. The molecule has 0 heterocycles. The van der Waals surface area contributed by atoms with Crippen LogP contribution in [0.3, 0.4) is 0 Å². The molecule has 29 heavy (non-hydrogen) atoms. The van der Waals surface area contributed by atoms with E-state index in [1.807, 2.05) is 0 Å². The number of hydrogen-bond donors (Lipinski definition) is 2. The minimum absolute atomic E-state index is 0.376. The lowest BCUT2D eigenvalue weighted by Gasteiger charge is -2.19. The number of rotatable bonds is 6. The fourth-order valence-electron chi connectivity index (χ4n) is 3.21. The molecule has 3 rings (SSSR count). The van der Waals surface area contributed by atoms with Gasteiger partial charge in [0.05, 0.1) is 0 Å². The summed E-state index contributed by atoms with van der Waals surface area (Å²) in [7, 11) is 0. The van der Waals surface area contributed by atoms with Crippen LogP contribution in [0.2, 0.25) is 0 Å². The van der Waals surface area contributed by atoms with Gasteiger partial charge in [0.15, 0.2) is 0 Å². The van der Waals surface area contributed by atoms with Crippen molar-refractivity contribution in [3.05, 3.63) is 96.1 Å². The molecular formula is C22H17BF4O2. The first-order valence-corrected chi connectivity index (χ1v) is 8.73. The van der Waals surface area contributed by atoms with Gasteiger partial charge in [-0.05, 0) is 5.56 Å². The highest BCUT2D eigenvalue weighted by Gasteiger charge is 2.32. The molecule has 7 heteroatoms. The van der Waals surface area contributed by atoms with Crippen LogP contribution in [0.25, 0.3) is 6.08 Å². The highest BCUT2D eigenvalue weighted by Crippen LogP contribution is 2.24. The molecule has 0 atom stereocenters. The largest absolute Gasteiger partial charge is 0.380 e. The summed E-state index contributed by atoms with van der Waals surface area (Å²) in [6.07, 6.45) is -6.43. The lowest BCUT2D eigenvalue weighted by molar-refractivity contribution is -0.209. The van der Waals surface area contributed by atoms with E-state index in [0.717, 1.165) is 29.8 Å². The Morgan fingerprint density at radius 2 is 1.14 bits per heavy atom. The van der Waals surface area contributed by atoms with Gasteiger partial charge < -0.3 is 10.2 Å².